The average Bonchev–Trinajstić information content (AvgIpc) is 2.73. The molecule has 0 aliphatic carbocycles. The van der Waals surface area contributed by atoms with E-state index in [0.717, 1.165) is 18.4 Å². The number of carbonyl (C=O) groups is 2. The highest BCUT2D eigenvalue weighted by Crippen LogP contribution is 2.21. The molecule has 1 rings (SSSR count). The van der Waals surface area contributed by atoms with Gasteiger partial charge >= 0.3 is 0 Å². The van der Waals surface area contributed by atoms with E-state index in [-0.39, 0.29) is 23.9 Å². The van der Waals surface area contributed by atoms with Crippen LogP contribution in [0.2, 0.25) is 0 Å². The zero-order chi connectivity index (χ0) is 25.1. The number of nitrogens with one attached hydrogen (secondary N) is 1. The number of hydrogen-bond acceptors (Lipinski definition) is 5. The van der Waals surface area contributed by atoms with Crippen LogP contribution in [0.4, 0.5) is 0 Å². The molecule has 0 spiro atoms. The molecule has 0 heterocycles. The molecule has 0 saturated carbocycles. The number of carbonyl (C=O) groups excluding carboxylic acids is 2. The Labute approximate surface area is 200 Å². The molecule has 1 aromatic carbocycles. The summed E-state index contributed by atoms with van der Waals surface area (Å²) in [6, 6.07) is 5.29. The maximum absolute atomic E-state index is 12.3. The Morgan fingerprint density at radius 3 is 2.27 bits per heavy atom. The fourth-order valence-corrected chi connectivity index (χ4v) is 3.30. The van der Waals surface area contributed by atoms with Gasteiger partial charge in [-0.1, -0.05) is 13.8 Å². The van der Waals surface area contributed by atoms with Crippen LogP contribution in [0.1, 0.15) is 84.2 Å². The van der Waals surface area contributed by atoms with E-state index in [1.165, 1.54) is 0 Å². The standard InChI is InChI=1S/C27H43NO5/c1-9-10-22-17-23(11-12-24(22)21(4)29)31-18-25(30)28-19-27(7,8)33-16-15-32-26(5,6)14-13-20(2)3/h9,11-12,17,20H,10,13-16,18-19H2,1-8H3/p+1. The second kappa shape index (κ2) is 13.6. The highest BCUT2D eigenvalue weighted by atomic mass is 16.5. The first-order valence-electron chi connectivity index (χ1n) is 11.9. The van der Waals surface area contributed by atoms with Crippen LogP contribution in [0.25, 0.3) is 0 Å². The van der Waals surface area contributed by atoms with E-state index < -0.39 is 5.60 Å². The van der Waals surface area contributed by atoms with Crippen LogP contribution in [0, 0.1) is 12.3 Å². The lowest BCUT2D eigenvalue weighted by atomic mass is 9.97. The van der Waals surface area contributed by atoms with E-state index in [2.05, 4.69) is 33.0 Å². The molecule has 0 bridgehead atoms. The molecule has 0 atom stereocenters. The summed E-state index contributed by atoms with van der Waals surface area (Å²) in [7, 11) is 0. The molecule has 0 aliphatic rings. The molecule has 0 saturated heterocycles. The number of ketones is 1. The van der Waals surface area contributed by atoms with Gasteiger partial charge in [-0.2, -0.15) is 0 Å². The van der Waals surface area contributed by atoms with Crippen LogP contribution in [0.15, 0.2) is 18.2 Å². The number of Topliss-reactive ketones (excluding diaryl/α,β-unsaturated/α-hetero) is 1. The molecule has 0 unspecified atom stereocenters. The summed E-state index contributed by atoms with van der Waals surface area (Å²) in [6.45, 7) is 17.3. The van der Waals surface area contributed by atoms with Gasteiger partial charge in [0.05, 0.1) is 37.8 Å². The lowest BCUT2D eigenvalue weighted by Crippen LogP contribution is -2.42. The largest absolute Gasteiger partial charge is 0.484 e. The highest BCUT2D eigenvalue weighted by Gasteiger charge is 2.22. The van der Waals surface area contributed by atoms with Gasteiger partial charge < -0.3 is 19.5 Å². The SMILES string of the molecule is C[CH+]Cc1cc(OCC(=O)NCC(C)(C)OCCOC(C)(C)CCC(C)C)ccc1C(C)=O. The fraction of sp³-hybridized carbons (Fsp3) is 0.667. The fourth-order valence-electron chi connectivity index (χ4n) is 3.30. The Morgan fingerprint density at radius 1 is 1.06 bits per heavy atom. The summed E-state index contributed by atoms with van der Waals surface area (Å²) < 4.78 is 17.5. The molecular formula is C27H44NO5+. The number of hydrogen-bond donors (Lipinski definition) is 1. The van der Waals surface area contributed by atoms with Gasteiger partial charge in [0.15, 0.2) is 12.4 Å². The Kier molecular flexibility index (Phi) is 12.0. The monoisotopic (exact) mass is 462 g/mol. The molecule has 1 aromatic rings. The van der Waals surface area contributed by atoms with Gasteiger partial charge in [-0.15, -0.1) is 0 Å². The van der Waals surface area contributed by atoms with E-state index in [4.69, 9.17) is 14.2 Å². The minimum absolute atomic E-state index is 0.0166. The molecule has 0 aromatic heterocycles. The lowest BCUT2D eigenvalue weighted by Gasteiger charge is -2.29. The van der Waals surface area contributed by atoms with E-state index in [1.807, 2.05) is 33.3 Å². The van der Waals surface area contributed by atoms with E-state index in [9.17, 15) is 9.59 Å². The quantitative estimate of drug-likeness (QED) is 0.208. The number of ether oxygens (including phenoxy) is 3. The normalized spacial score (nSPS) is 12.0. The smallest absolute Gasteiger partial charge is 0.258 e. The van der Waals surface area contributed by atoms with E-state index in [1.54, 1.807) is 19.1 Å². The zero-order valence-corrected chi connectivity index (χ0v) is 21.9. The summed E-state index contributed by atoms with van der Waals surface area (Å²) in [4.78, 5) is 24.0. The van der Waals surface area contributed by atoms with E-state index in [0.29, 0.717) is 43.4 Å². The molecule has 0 fully saturated rings. The van der Waals surface area contributed by atoms with Crippen molar-refractivity contribution in [1.82, 2.24) is 5.32 Å². The first-order valence-corrected chi connectivity index (χ1v) is 11.9. The lowest BCUT2D eigenvalue weighted by molar-refractivity contribution is -0.125. The van der Waals surface area contributed by atoms with Gasteiger partial charge in [0, 0.05) is 17.7 Å². The second-order valence-corrected chi connectivity index (χ2v) is 10.2. The van der Waals surface area contributed by atoms with E-state index >= 15 is 0 Å². The molecule has 1 amide bonds. The van der Waals surface area contributed by atoms with Crippen molar-refractivity contribution in [3.63, 3.8) is 0 Å². The molecule has 33 heavy (non-hydrogen) atoms. The number of rotatable bonds is 16. The zero-order valence-electron chi connectivity index (χ0n) is 21.9. The van der Waals surface area contributed by atoms with Crippen LogP contribution in [-0.4, -0.2) is 49.3 Å². The first kappa shape index (κ1) is 29.0. The number of amides is 1. The van der Waals surface area contributed by atoms with Crippen molar-refractivity contribution in [3.8, 4) is 5.75 Å². The highest BCUT2D eigenvalue weighted by molar-refractivity contribution is 5.95. The van der Waals surface area contributed by atoms with Crippen molar-refractivity contribution in [1.29, 1.82) is 0 Å². The van der Waals surface area contributed by atoms with Crippen LogP contribution >= 0.6 is 0 Å². The van der Waals surface area contributed by atoms with Crippen molar-refractivity contribution in [2.24, 2.45) is 5.92 Å². The summed E-state index contributed by atoms with van der Waals surface area (Å²) in [5, 5.41) is 2.86. The van der Waals surface area contributed by atoms with Crippen LogP contribution < -0.4 is 10.1 Å². The van der Waals surface area contributed by atoms with Crippen molar-refractivity contribution in [2.45, 2.75) is 85.9 Å². The predicted molar refractivity (Wildman–Crippen MR) is 133 cm³/mol. The maximum atomic E-state index is 12.3. The topological polar surface area (TPSA) is 73.9 Å². The van der Waals surface area contributed by atoms with Gasteiger partial charge in [0.2, 0.25) is 0 Å². The van der Waals surface area contributed by atoms with Crippen molar-refractivity contribution in [2.75, 3.05) is 26.4 Å². The van der Waals surface area contributed by atoms with Gasteiger partial charge in [-0.3, -0.25) is 9.59 Å². The molecule has 186 valence electrons. The Bertz CT molecular complexity index is 755. The minimum atomic E-state index is -0.519. The third-order valence-electron chi connectivity index (χ3n) is 5.35. The molecule has 6 heteroatoms. The summed E-state index contributed by atoms with van der Waals surface area (Å²) in [6.07, 6.45) is 4.80. The summed E-state index contributed by atoms with van der Waals surface area (Å²) in [5.41, 5.74) is 0.887. The molecule has 0 radical (unpaired) electrons. The first-order chi connectivity index (χ1) is 15.3. The van der Waals surface area contributed by atoms with Gasteiger partial charge in [-0.25, -0.2) is 0 Å². The third-order valence-corrected chi connectivity index (χ3v) is 5.35. The van der Waals surface area contributed by atoms with Crippen molar-refractivity contribution < 1.29 is 23.8 Å². The van der Waals surface area contributed by atoms with Crippen LogP contribution in [0.3, 0.4) is 0 Å². The minimum Gasteiger partial charge on any atom is -0.484 e. The molecule has 0 aliphatic heterocycles. The van der Waals surface area contributed by atoms with Crippen molar-refractivity contribution >= 4 is 11.7 Å². The van der Waals surface area contributed by atoms with Gasteiger partial charge in [0.25, 0.3) is 5.91 Å². The Balaban J connectivity index is 2.39. The molecular weight excluding hydrogens is 418 g/mol. The Morgan fingerprint density at radius 2 is 1.70 bits per heavy atom. The van der Waals surface area contributed by atoms with Crippen molar-refractivity contribution in [3.05, 3.63) is 35.7 Å². The molecule has 6 nitrogen and oxygen atoms in total. The second-order valence-electron chi connectivity index (χ2n) is 10.2. The average molecular weight is 463 g/mol. The predicted octanol–water partition coefficient (Wildman–Crippen LogP) is 5.18. The molecule has 1 N–H and O–H groups in total. The number of benzene rings is 1. The third kappa shape index (κ3) is 12.1. The maximum Gasteiger partial charge on any atom is 0.258 e. The van der Waals surface area contributed by atoms with Crippen LogP contribution in [0.5, 0.6) is 5.75 Å². The Hall–Kier alpha value is -2.05. The summed E-state index contributed by atoms with van der Waals surface area (Å²) >= 11 is 0. The van der Waals surface area contributed by atoms with Gasteiger partial charge in [-0.05, 0) is 71.6 Å². The summed E-state index contributed by atoms with van der Waals surface area (Å²) in [5.74, 6) is 1.02. The van der Waals surface area contributed by atoms with Gasteiger partial charge in [0.1, 0.15) is 12.2 Å². The van der Waals surface area contributed by atoms with Crippen LogP contribution in [-0.2, 0) is 20.7 Å².